The summed E-state index contributed by atoms with van der Waals surface area (Å²) in [4.78, 5) is 0. The number of ether oxygens (including phenoxy) is 2. The van der Waals surface area contributed by atoms with Crippen molar-refractivity contribution in [3.63, 3.8) is 0 Å². The quantitative estimate of drug-likeness (QED) is 0.628. The van der Waals surface area contributed by atoms with Gasteiger partial charge in [0.1, 0.15) is 11.5 Å². The van der Waals surface area contributed by atoms with Crippen LogP contribution in [-0.2, 0) is 0 Å². The average molecular weight is 290 g/mol. The molecule has 3 aromatic carbocycles. The topological polar surface area (TPSA) is 18.5 Å². The van der Waals surface area contributed by atoms with E-state index in [4.69, 9.17) is 9.47 Å². The number of benzene rings is 3. The van der Waals surface area contributed by atoms with E-state index in [2.05, 4.69) is 30.4 Å². The third kappa shape index (κ3) is 2.82. The smallest absolute Gasteiger partial charge is 0.126 e. The number of hydrogen-bond donors (Lipinski definition) is 0. The van der Waals surface area contributed by atoms with E-state index in [9.17, 15) is 0 Å². The summed E-state index contributed by atoms with van der Waals surface area (Å²) in [6.07, 6.45) is 4.23. The van der Waals surface area contributed by atoms with Gasteiger partial charge in [-0.3, -0.25) is 0 Å². The van der Waals surface area contributed by atoms with Gasteiger partial charge in [-0.2, -0.15) is 0 Å². The van der Waals surface area contributed by atoms with Crippen molar-refractivity contribution in [1.29, 1.82) is 0 Å². The minimum Gasteiger partial charge on any atom is -0.497 e. The van der Waals surface area contributed by atoms with E-state index < -0.39 is 0 Å². The molecule has 0 heterocycles. The third-order valence-corrected chi connectivity index (χ3v) is 3.71. The van der Waals surface area contributed by atoms with Crippen molar-refractivity contribution in [2.75, 3.05) is 14.2 Å². The molecular weight excluding hydrogens is 272 g/mol. The molecule has 0 saturated carbocycles. The van der Waals surface area contributed by atoms with Crippen LogP contribution >= 0.6 is 0 Å². The Labute approximate surface area is 130 Å². The third-order valence-electron chi connectivity index (χ3n) is 3.71. The zero-order chi connectivity index (χ0) is 15.4. The largest absolute Gasteiger partial charge is 0.497 e. The van der Waals surface area contributed by atoms with Crippen LogP contribution in [-0.4, -0.2) is 14.2 Å². The Morgan fingerprint density at radius 2 is 1.41 bits per heavy atom. The van der Waals surface area contributed by atoms with Gasteiger partial charge < -0.3 is 9.47 Å². The van der Waals surface area contributed by atoms with E-state index >= 15 is 0 Å². The molecule has 0 saturated heterocycles. The minimum atomic E-state index is 0.868. The van der Waals surface area contributed by atoms with Gasteiger partial charge in [-0.25, -0.2) is 0 Å². The maximum absolute atomic E-state index is 5.43. The van der Waals surface area contributed by atoms with Crippen molar-refractivity contribution in [3.05, 3.63) is 71.8 Å². The number of fused-ring (bicyclic) bond motifs is 1. The molecule has 0 aliphatic rings. The summed E-state index contributed by atoms with van der Waals surface area (Å²) in [5.41, 5.74) is 2.31. The molecule has 2 nitrogen and oxygen atoms in total. The molecule has 0 aromatic heterocycles. The molecule has 0 bridgehead atoms. The Bertz CT molecular complexity index is 802. The van der Waals surface area contributed by atoms with Crippen LogP contribution in [0.2, 0.25) is 0 Å². The number of hydrogen-bond acceptors (Lipinski definition) is 2. The zero-order valence-electron chi connectivity index (χ0n) is 12.7. The molecule has 2 heteroatoms. The SMILES string of the molecule is COc1ccc(/C=C\c2ccc(OC)c3ccccc23)cc1. The van der Waals surface area contributed by atoms with Crippen molar-refractivity contribution in [2.24, 2.45) is 0 Å². The fourth-order valence-electron chi connectivity index (χ4n) is 2.52. The van der Waals surface area contributed by atoms with Gasteiger partial charge in [0.05, 0.1) is 14.2 Å². The Morgan fingerprint density at radius 3 is 2.09 bits per heavy atom. The van der Waals surface area contributed by atoms with Crippen LogP contribution < -0.4 is 9.47 Å². The summed E-state index contributed by atoms with van der Waals surface area (Å²) >= 11 is 0. The van der Waals surface area contributed by atoms with Gasteiger partial charge in [0.15, 0.2) is 0 Å². The highest BCUT2D eigenvalue weighted by Gasteiger charge is 2.03. The van der Waals surface area contributed by atoms with E-state index in [1.165, 1.54) is 10.9 Å². The standard InChI is InChI=1S/C20H18O2/c1-21-17-12-8-15(9-13-17)7-10-16-11-14-20(22-2)19-6-4-3-5-18(16)19/h3-14H,1-2H3/b10-7-. The van der Waals surface area contributed by atoms with E-state index in [0.29, 0.717) is 0 Å². The van der Waals surface area contributed by atoms with Crippen molar-refractivity contribution >= 4 is 22.9 Å². The van der Waals surface area contributed by atoms with Gasteiger partial charge in [0, 0.05) is 5.39 Å². The molecule has 0 aliphatic carbocycles. The van der Waals surface area contributed by atoms with E-state index in [-0.39, 0.29) is 0 Å². The Morgan fingerprint density at radius 1 is 0.682 bits per heavy atom. The molecule has 0 aliphatic heterocycles. The van der Waals surface area contributed by atoms with Gasteiger partial charge in [0.25, 0.3) is 0 Å². The first-order valence-electron chi connectivity index (χ1n) is 7.19. The zero-order valence-corrected chi connectivity index (χ0v) is 12.7. The van der Waals surface area contributed by atoms with Crippen molar-refractivity contribution < 1.29 is 9.47 Å². The summed E-state index contributed by atoms with van der Waals surface area (Å²) < 4.78 is 10.6. The summed E-state index contributed by atoms with van der Waals surface area (Å²) in [6.45, 7) is 0. The van der Waals surface area contributed by atoms with E-state index in [1.54, 1.807) is 14.2 Å². The molecule has 22 heavy (non-hydrogen) atoms. The van der Waals surface area contributed by atoms with E-state index in [0.717, 1.165) is 22.4 Å². The second kappa shape index (κ2) is 6.35. The van der Waals surface area contributed by atoms with Gasteiger partial charge in [-0.05, 0) is 34.7 Å². The normalized spacial score (nSPS) is 11.0. The maximum atomic E-state index is 5.43. The highest BCUT2D eigenvalue weighted by Crippen LogP contribution is 2.29. The van der Waals surface area contributed by atoms with Gasteiger partial charge in [-0.1, -0.05) is 54.6 Å². The summed E-state index contributed by atoms with van der Waals surface area (Å²) in [5, 5.41) is 2.31. The summed E-state index contributed by atoms with van der Waals surface area (Å²) in [6, 6.07) is 20.4. The van der Waals surface area contributed by atoms with Crippen LogP contribution in [0.25, 0.3) is 22.9 Å². The van der Waals surface area contributed by atoms with Crippen LogP contribution in [0.3, 0.4) is 0 Å². The predicted molar refractivity (Wildman–Crippen MR) is 92.4 cm³/mol. The van der Waals surface area contributed by atoms with Crippen LogP contribution in [0.15, 0.2) is 60.7 Å². The van der Waals surface area contributed by atoms with E-state index in [1.807, 2.05) is 42.5 Å². The first-order valence-corrected chi connectivity index (χ1v) is 7.19. The van der Waals surface area contributed by atoms with Crippen molar-refractivity contribution in [1.82, 2.24) is 0 Å². The van der Waals surface area contributed by atoms with Crippen LogP contribution in [0.5, 0.6) is 11.5 Å². The monoisotopic (exact) mass is 290 g/mol. The summed E-state index contributed by atoms with van der Waals surface area (Å²) in [7, 11) is 3.38. The fourth-order valence-corrected chi connectivity index (χ4v) is 2.52. The number of methoxy groups -OCH3 is 2. The molecule has 3 rings (SSSR count). The molecular formula is C20H18O2. The lowest BCUT2D eigenvalue weighted by molar-refractivity contribution is 0.415. The molecule has 0 N–H and O–H groups in total. The molecule has 0 atom stereocenters. The lowest BCUT2D eigenvalue weighted by Crippen LogP contribution is -1.86. The molecule has 0 radical (unpaired) electrons. The van der Waals surface area contributed by atoms with Gasteiger partial charge in [0.2, 0.25) is 0 Å². The second-order valence-corrected chi connectivity index (χ2v) is 5.01. The molecule has 0 amide bonds. The summed E-state index contributed by atoms with van der Waals surface area (Å²) in [5.74, 6) is 1.77. The first-order chi connectivity index (χ1) is 10.8. The molecule has 0 spiro atoms. The molecule has 0 fully saturated rings. The minimum absolute atomic E-state index is 0.868. The van der Waals surface area contributed by atoms with Crippen LogP contribution in [0.4, 0.5) is 0 Å². The van der Waals surface area contributed by atoms with Gasteiger partial charge in [-0.15, -0.1) is 0 Å². The first kappa shape index (κ1) is 14.2. The molecule has 0 unspecified atom stereocenters. The Hall–Kier alpha value is -2.74. The Kier molecular flexibility index (Phi) is 4.10. The van der Waals surface area contributed by atoms with Gasteiger partial charge >= 0.3 is 0 Å². The predicted octanol–water partition coefficient (Wildman–Crippen LogP) is 5.03. The van der Waals surface area contributed by atoms with Crippen molar-refractivity contribution in [3.8, 4) is 11.5 Å². The van der Waals surface area contributed by atoms with Crippen molar-refractivity contribution in [2.45, 2.75) is 0 Å². The lowest BCUT2D eigenvalue weighted by atomic mass is 10.0. The fraction of sp³-hybridized carbons (Fsp3) is 0.100. The number of rotatable bonds is 4. The lowest BCUT2D eigenvalue weighted by Gasteiger charge is -2.08. The molecule has 110 valence electrons. The highest BCUT2D eigenvalue weighted by atomic mass is 16.5. The Balaban J connectivity index is 1.98. The van der Waals surface area contributed by atoms with Crippen LogP contribution in [0.1, 0.15) is 11.1 Å². The highest BCUT2D eigenvalue weighted by molar-refractivity contribution is 5.96. The molecule has 3 aromatic rings. The average Bonchev–Trinajstić information content (AvgIpc) is 2.60. The second-order valence-electron chi connectivity index (χ2n) is 5.01. The van der Waals surface area contributed by atoms with Crippen LogP contribution in [0, 0.1) is 0 Å². The maximum Gasteiger partial charge on any atom is 0.126 e.